The van der Waals surface area contributed by atoms with Gasteiger partial charge in [-0.3, -0.25) is 9.59 Å². The van der Waals surface area contributed by atoms with E-state index in [1.165, 1.54) is 11.9 Å². The van der Waals surface area contributed by atoms with Crippen molar-refractivity contribution in [2.24, 2.45) is 5.92 Å². The summed E-state index contributed by atoms with van der Waals surface area (Å²) in [4.78, 5) is 35.0. The van der Waals surface area contributed by atoms with Gasteiger partial charge in [-0.2, -0.15) is 5.10 Å². The largest absolute Gasteiger partial charge is 0.352 e. The van der Waals surface area contributed by atoms with Crippen LogP contribution in [0.25, 0.3) is 5.82 Å². The highest BCUT2D eigenvalue weighted by atomic mass is 16.2. The monoisotopic (exact) mass is 390 g/mol. The first-order chi connectivity index (χ1) is 14.2. The number of carbonyl (C=O) groups is 2. The molecule has 1 fully saturated rings. The topological polar surface area (TPSA) is 93.0 Å². The first kappa shape index (κ1) is 18.8. The van der Waals surface area contributed by atoms with Crippen LogP contribution in [0.5, 0.6) is 0 Å². The van der Waals surface area contributed by atoms with Gasteiger partial charge in [-0.25, -0.2) is 14.6 Å². The SMILES string of the molecule is O=C(NCc1cccnc1-n1cncn1)C1CC(=O)N(CCc2ccccc2)C1. The van der Waals surface area contributed by atoms with Crippen LogP contribution >= 0.6 is 0 Å². The van der Waals surface area contributed by atoms with Crippen LogP contribution in [0.1, 0.15) is 17.5 Å². The Morgan fingerprint density at radius 1 is 1.17 bits per heavy atom. The Kier molecular flexibility index (Phi) is 5.60. The molecule has 0 aliphatic carbocycles. The van der Waals surface area contributed by atoms with E-state index in [1.807, 2.05) is 42.5 Å². The van der Waals surface area contributed by atoms with Crippen LogP contribution in [-0.4, -0.2) is 49.6 Å². The summed E-state index contributed by atoms with van der Waals surface area (Å²) in [7, 11) is 0. The van der Waals surface area contributed by atoms with E-state index in [0.717, 1.165) is 12.0 Å². The Labute approximate surface area is 168 Å². The molecule has 1 unspecified atom stereocenters. The van der Waals surface area contributed by atoms with E-state index >= 15 is 0 Å². The Morgan fingerprint density at radius 3 is 2.83 bits per heavy atom. The maximum atomic E-state index is 12.6. The molecule has 29 heavy (non-hydrogen) atoms. The predicted molar refractivity (Wildman–Crippen MR) is 106 cm³/mol. The number of hydrogen-bond donors (Lipinski definition) is 1. The van der Waals surface area contributed by atoms with Gasteiger partial charge in [-0.05, 0) is 18.1 Å². The Morgan fingerprint density at radius 2 is 2.03 bits per heavy atom. The molecule has 148 valence electrons. The number of nitrogens with one attached hydrogen (secondary N) is 1. The van der Waals surface area contributed by atoms with Gasteiger partial charge in [-0.15, -0.1) is 0 Å². The van der Waals surface area contributed by atoms with E-state index in [4.69, 9.17) is 0 Å². The fourth-order valence-electron chi connectivity index (χ4n) is 3.49. The van der Waals surface area contributed by atoms with E-state index in [9.17, 15) is 9.59 Å². The summed E-state index contributed by atoms with van der Waals surface area (Å²) in [6, 6.07) is 13.7. The average Bonchev–Trinajstić information content (AvgIpc) is 3.41. The molecule has 0 bridgehead atoms. The maximum Gasteiger partial charge on any atom is 0.225 e. The van der Waals surface area contributed by atoms with E-state index in [2.05, 4.69) is 20.4 Å². The number of likely N-dealkylation sites (tertiary alicyclic amines) is 1. The quantitative estimate of drug-likeness (QED) is 0.658. The predicted octanol–water partition coefficient (Wildman–Crippen LogP) is 1.37. The summed E-state index contributed by atoms with van der Waals surface area (Å²) in [5.74, 6) is 0.210. The zero-order valence-corrected chi connectivity index (χ0v) is 15.9. The molecule has 4 rings (SSSR count). The third-order valence-electron chi connectivity index (χ3n) is 5.05. The minimum atomic E-state index is -0.329. The Bertz CT molecular complexity index is 974. The number of carbonyl (C=O) groups excluding carboxylic acids is 2. The average molecular weight is 390 g/mol. The number of amides is 2. The molecule has 1 aliphatic heterocycles. The molecular weight excluding hydrogens is 368 g/mol. The lowest BCUT2D eigenvalue weighted by Crippen LogP contribution is -2.33. The van der Waals surface area contributed by atoms with E-state index in [-0.39, 0.29) is 24.2 Å². The summed E-state index contributed by atoms with van der Waals surface area (Å²) >= 11 is 0. The lowest BCUT2D eigenvalue weighted by molar-refractivity contribution is -0.129. The molecule has 8 heteroatoms. The second-order valence-electron chi connectivity index (χ2n) is 7.02. The van der Waals surface area contributed by atoms with Crippen molar-refractivity contribution < 1.29 is 9.59 Å². The third kappa shape index (κ3) is 4.48. The van der Waals surface area contributed by atoms with Crippen molar-refractivity contribution in [2.45, 2.75) is 19.4 Å². The standard InChI is InChI=1S/C21H22N6O2/c28-19-11-18(13-26(19)10-8-16-5-2-1-3-6-16)21(29)24-12-17-7-4-9-23-20(17)27-15-22-14-25-27/h1-7,9,14-15,18H,8,10-13H2,(H,24,29). The first-order valence-corrected chi connectivity index (χ1v) is 9.59. The van der Waals surface area contributed by atoms with Crippen molar-refractivity contribution in [3.63, 3.8) is 0 Å². The molecule has 0 saturated carbocycles. The van der Waals surface area contributed by atoms with Gasteiger partial charge in [0.2, 0.25) is 11.8 Å². The fraction of sp³-hybridized carbons (Fsp3) is 0.286. The highest BCUT2D eigenvalue weighted by molar-refractivity contribution is 5.89. The second-order valence-corrected chi connectivity index (χ2v) is 7.02. The van der Waals surface area contributed by atoms with Crippen LogP contribution in [0.3, 0.4) is 0 Å². The van der Waals surface area contributed by atoms with Crippen LogP contribution in [0, 0.1) is 5.92 Å². The second kappa shape index (κ2) is 8.64. The highest BCUT2D eigenvalue weighted by Gasteiger charge is 2.33. The summed E-state index contributed by atoms with van der Waals surface area (Å²) in [5.41, 5.74) is 2.02. The Balaban J connectivity index is 1.32. The van der Waals surface area contributed by atoms with E-state index in [1.54, 1.807) is 22.1 Å². The van der Waals surface area contributed by atoms with Gasteiger partial charge in [0.1, 0.15) is 12.7 Å². The van der Waals surface area contributed by atoms with Gasteiger partial charge >= 0.3 is 0 Å². The molecule has 0 radical (unpaired) electrons. The maximum absolute atomic E-state index is 12.6. The summed E-state index contributed by atoms with van der Waals surface area (Å²) in [5, 5.41) is 7.03. The molecule has 1 atom stereocenters. The summed E-state index contributed by atoms with van der Waals surface area (Å²) in [6.45, 7) is 1.41. The number of pyridine rings is 1. The van der Waals surface area contributed by atoms with Crippen LogP contribution in [0.4, 0.5) is 0 Å². The van der Waals surface area contributed by atoms with Gasteiger partial charge in [-0.1, -0.05) is 36.4 Å². The molecule has 8 nitrogen and oxygen atoms in total. The summed E-state index contributed by atoms with van der Waals surface area (Å²) in [6.07, 6.45) is 5.71. The van der Waals surface area contributed by atoms with Gasteiger partial charge in [0.15, 0.2) is 5.82 Å². The normalized spacial score (nSPS) is 16.2. The smallest absolute Gasteiger partial charge is 0.225 e. The molecule has 1 saturated heterocycles. The highest BCUT2D eigenvalue weighted by Crippen LogP contribution is 2.19. The van der Waals surface area contributed by atoms with Crippen LogP contribution < -0.4 is 5.32 Å². The summed E-state index contributed by atoms with van der Waals surface area (Å²) < 4.78 is 1.56. The van der Waals surface area contributed by atoms with E-state index < -0.39 is 0 Å². The van der Waals surface area contributed by atoms with Crippen molar-refractivity contribution in [3.05, 3.63) is 72.4 Å². The number of rotatable bonds is 7. The minimum Gasteiger partial charge on any atom is -0.352 e. The third-order valence-corrected chi connectivity index (χ3v) is 5.05. The van der Waals surface area contributed by atoms with Gasteiger partial charge in [0.05, 0.1) is 5.92 Å². The zero-order chi connectivity index (χ0) is 20.1. The molecular formula is C21H22N6O2. The lowest BCUT2D eigenvalue weighted by atomic mass is 10.1. The van der Waals surface area contributed by atoms with Crippen LogP contribution in [-0.2, 0) is 22.6 Å². The van der Waals surface area contributed by atoms with Crippen molar-refractivity contribution in [2.75, 3.05) is 13.1 Å². The van der Waals surface area contributed by atoms with Crippen molar-refractivity contribution in [3.8, 4) is 5.82 Å². The fourth-order valence-corrected chi connectivity index (χ4v) is 3.49. The minimum absolute atomic E-state index is 0.0331. The van der Waals surface area contributed by atoms with E-state index in [0.29, 0.717) is 25.5 Å². The molecule has 2 amide bonds. The van der Waals surface area contributed by atoms with Gasteiger partial charge in [0.25, 0.3) is 0 Å². The molecule has 1 N–H and O–H groups in total. The molecule has 3 heterocycles. The number of nitrogens with zero attached hydrogens (tertiary/aromatic N) is 5. The number of hydrogen-bond acceptors (Lipinski definition) is 5. The molecule has 3 aromatic rings. The number of aromatic nitrogens is 4. The van der Waals surface area contributed by atoms with Crippen molar-refractivity contribution >= 4 is 11.8 Å². The van der Waals surface area contributed by atoms with Crippen LogP contribution in [0.15, 0.2) is 61.3 Å². The molecule has 1 aliphatic rings. The Hall–Kier alpha value is -3.55. The number of benzene rings is 1. The van der Waals surface area contributed by atoms with Crippen molar-refractivity contribution in [1.82, 2.24) is 30.0 Å². The van der Waals surface area contributed by atoms with Gasteiger partial charge in [0, 0.05) is 37.8 Å². The zero-order valence-electron chi connectivity index (χ0n) is 15.9. The first-order valence-electron chi connectivity index (χ1n) is 9.59. The van der Waals surface area contributed by atoms with Crippen molar-refractivity contribution in [1.29, 1.82) is 0 Å². The molecule has 0 spiro atoms. The molecule has 1 aromatic carbocycles. The lowest BCUT2D eigenvalue weighted by Gasteiger charge is -2.17. The van der Waals surface area contributed by atoms with Crippen LogP contribution in [0.2, 0.25) is 0 Å². The molecule has 2 aromatic heterocycles. The van der Waals surface area contributed by atoms with Gasteiger partial charge < -0.3 is 10.2 Å².